The third-order valence-corrected chi connectivity index (χ3v) is 3.09. The highest BCUT2D eigenvalue weighted by molar-refractivity contribution is 5.83. The second-order valence-corrected chi connectivity index (χ2v) is 4.97. The Hall–Kier alpha value is -2.34. The van der Waals surface area contributed by atoms with Crippen LogP contribution in [0, 0.1) is 0 Å². The number of ether oxygens (including phenoxy) is 1. The van der Waals surface area contributed by atoms with Gasteiger partial charge in [0.2, 0.25) is 0 Å². The van der Waals surface area contributed by atoms with Gasteiger partial charge in [-0.1, -0.05) is 0 Å². The minimum atomic E-state index is 0.585. The van der Waals surface area contributed by atoms with E-state index in [1.807, 2.05) is 38.4 Å². The first kappa shape index (κ1) is 15.1. The Labute approximate surface area is 124 Å². The molecule has 0 amide bonds. The van der Waals surface area contributed by atoms with Gasteiger partial charge in [0.1, 0.15) is 17.3 Å². The number of nitrogens with zero attached hydrogens (tertiary/aromatic N) is 4. The first-order valence-electron chi connectivity index (χ1n) is 6.74. The number of benzene rings is 1. The molecule has 0 fully saturated rings. The maximum absolute atomic E-state index is 6.05. The van der Waals surface area contributed by atoms with Crippen LogP contribution in [-0.2, 0) is 6.54 Å². The molecule has 21 heavy (non-hydrogen) atoms. The lowest BCUT2D eigenvalue weighted by atomic mass is 10.2. The molecule has 2 aromatic rings. The van der Waals surface area contributed by atoms with E-state index in [2.05, 4.69) is 15.0 Å². The Balaban J connectivity index is 2.06. The Morgan fingerprint density at radius 2 is 2.05 bits per heavy atom. The van der Waals surface area contributed by atoms with Gasteiger partial charge in [-0.05, 0) is 43.9 Å². The highest BCUT2D eigenvalue weighted by Crippen LogP contribution is 2.21. The van der Waals surface area contributed by atoms with Crippen molar-refractivity contribution in [3.63, 3.8) is 0 Å². The Morgan fingerprint density at radius 3 is 2.67 bits per heavy atom. The van der Waals surface area contributed by atoms with Crippen molar-refractivity contribution in [2.45, 2.75) is 6.54 Å². The van der Waals surface area contributed by atoms with Crippen LogP contribution in [0.25, 0.3) is 0 Å². The van der Waals surface area contributed by atoms with Crippen molar-refractivity contribution in [1.82, 2.24) is 14.7 Å². The van der Waals surface area contributed by atoms with Gasteiger partial charge < -0.3 is 15.4 Å². The second kappa shape index (κ2) is 6.90. The molecule has 1 heterocycles. The summed E-state index contributed by atoms with van der Waals surface area (Å²) in [7, 11) is 5.68. The number of hydrogen-bond acceptors (Lipinski definition) is 5. The van der Waals surface area contributed by atoms with Crippen LogP contribution in [0.1, 0.15) is 5.56 Å². The number of rotatable bonds is 6. The first-order chi connectivity index (χ1) is 10.1. The summed E-state index contributed by atoms with van der Waals surface area (Å²) in [6.45, 7) is 1.63. The van der Waals surface area contributed by atoms with Gasteiger partial charge in [0, 0.05) is 12.8 Å². The monoisotopic (exact) mass is 287 g/mol. The lowest BCUT2D eigenvalue weighted by molar-refractivity contribution is 0.375. The molecule has 1 aromatic heterocycles. The molecule has 2 rings (SSSR count). The summed E-state index contributed by atoms with van der Waals surface area (Å²) in [5, 5.41) is 4.26. The predicted molar refractivity (Wildman–Crippen MR) is 85.4 cm³/mol. The summed E-state index contributed by atoms with van der Waals surface area (Å²) in [5.41, 5.74) is 7.71. The molecule has 0 bridgehead atoms. The van der Waals surface area contributed by atoms with Crippen LogP contribution in [0.15, 0.2) is 35.5 Å². The molecular weight excluding hydrogens is 266 g/mol. The SMILES string of the molecule is COc1ccc(/C=N/c2cnn(CCN(C)C)c2N)cc1. The molecule has 1 aromatic carbocycles. The quantitative estimate of drug-likeness (QED) is 0.822. The fraction of sp³-hybridized carbons (Fsp3) is 0.333. The van der Waals surface area contributed by atoms with Gasteiger partial charge in [-0.25, -0.2) is 4.68 Å². The number of hydrogen-bond donors (Lipinski definition) is 1. The summed E-state index contributed by atoms with van der Waals surface area (Å²) < 4.78 is 6.88. The summed E-state index contributed by atoms with van der Waals surface area (Å²) in [6.07, 6.45) is 3.45. The van der Waals surface area contributed by atoms with Crippen LogP contribution >= 0.6 is 0 Å². The van der Waals surface area contributed by atoms with Crippen molar-refractivity contribution in [1.29, 1.82) is 0 Å². The van der Waals surface area contributed by atoms with Gasteiger partial charge in [0.25, 0.3) is 0 Å². The Bertz CT molecular complexity index is 601. The average molecular weight is 287 g/mol. The third kappa shape index (κ3) is 4.06. The fourth-order valence-corrected chi connectivity index (χ4v) is 1.79. The molecule has 0 saturated heterocycles. The van der Waals surface area contributed by atoms with Gasteiger partial charge in [0.05, 0.1) is 19.9 Å². The van der Waals surface area contributed by atoms with E-state index < -0.39 is 0 Å². The lowest BCUT2D eigenvalue weighted by Gasteiger charge is -2.09. The zero-order valence-corrected chi connectivity index (χ0v) is 12.7. The van der Waals surface area contributed by atoms with E-state index in [0.29, 0.717) is 11.5 Å². The minimum Gasteiger partial charge on any atom is -0.497 e. The fourth-order valence-electron chi connectivity index (χ4n) is 1.79. The van der Waals surface area contributed by atoms with E-state index in [-0.39, 0.29) is 0 Å². The first-order valence-corrected chi connectivity index (χ1v) is 6.74. The van der Waals surface area contributed by atoms with E-state index in [1.54, 1.807) is 24.2 Å². The van der Waals surface area contributed by atoms with Crippen molar-refractivity contribution in [2.24, 2.45) is 4.99 Å². The second-order valence-electron chi connectivity index (χ2n) is 4.97. The van der Waals surface area contributed by atoms with Gasteiger partial charge in [-0.2, -0.15) is 5.10 Å². The zero-order valence-electron chi connectivity index (χ0n) is 12.7. The molecule has 112 valence electrons. The van der Waals surface area contributed by atoms with Gasteiger partial charge in [-0.3, -0.25) is 4.99 Å². The minimum absolute atomic E-state index is 0.585. The Kier molecular flexibility index (Phi) is 4.94. The van der Waals surface area contributed by atoms with Crippen LogP contribution in [0.3, 0.4) is 0 Å². The van der Waals surface area contributed by atoms with E-state index in [0.717, 1.165) is 24.4 Å². The number of methoxy groups -OCH3 is 1. The van der Waals surface area contributed by atoms with Gasteiger partial charge in [0.15, 0.2) is 0 Å². The van der Waals surface area contributed by atoms with Crippen LogP contribution in [0.5, 0.6) is 5.75 Å². The largest absolute Gasteiger partial charge is 0.497 e. The summed E-state index contributed by atoms with van der Waals surface area (Å²) in [6, 6.07) is 7.67. The molecule has 0 spiro atoms. The number of aliphatic imine (C=N–C) groups is 1. The smallest absolute Gasteiger partial charge is 0.147 e. The van der Waals surface area contributed by atoms with Crippen molar-refractivity contribution >= 4 is 17.7 Å². The standard InChI is InChI=1S/C15H21N5O/c1-19(2)8-9-20-15(16)14(11-18-20)17-10-12-4-6-13(21-3)7-5-12/h4-7,10-11H,8-9,16H2,1-3H3/b17-10+. The normalized spacial score (nSPS) is 11.4. The van der Waals surface area contributed by atoms with E-state index >= 15 is 0 Å². The van der Waals surface area contributed by atoms with Crippen LogP contribution in [0.2, 0.25) is 0 Å². The molecular formula is C15H21N5O. The molecule has 0 atom stereocenters. The van der Waals surface area contributed by atoms with Crippen LogP contribution < -0.4 is 10.5 Å². The highest BCUT2D eigenvalue weighted by atomic mass is 16.5. The Morgan fingerprint density at radius 1 is 1.33 bits per heavy atom. The van der Waals surface area contributed by atoms with E-state index in [9.17, 15) is 0 Å². The molecule has 2 N–H and O–H groups in total. The average Bonchev–Trinajstić information content (AvgIpc) is 2.84. The summed E-state index contributed by atoms with van der Waals surface area (Å²) in [4.78, 5) is 6.48. The molecule has 0 aliphatic carbocycles. The molecule has 6 heteroatoms. The summed E-state index contributed by atoms with van der Waals surface area (Å²) >= 11 is 0. The van der Waals surface area contributed by atoms with Crippen molar-refractivity contribution in [3.8, 4) is 5.75 Å². The van der Waals surface area contributed by atoms with Crippen LogP contribution in [0.4, 0.5) is 11.5 Å². The summed E-state index contributed by atoms with van der Waals surface area (Å²) in [5.74, 6) is 1.41. The molecule has 0 radical (unpaired) electrons. The number of likely N-dealkylation sites (N-methyl/N-ethyl adjacent to an activating group) is 1. The number of nitrogens with two attached hydrogens (primary N) is 1. The number of nitrogen functional groups attached to an aromatic ring is 1. The molecule has 0 aliphatic rings. The van der Waals surface area contributed by atoms with Crippen molar-refractivity contribution in [3.05, 3.63) is 36.0 Å². The third-order valence-electron chi connectivity index (χ3n) is 3.09. The maximum Gasteiger partial charge on any atom is 0.147 e. The lowest BCUT2D eigenvalue weighted by Crippen LogP contribution is -2.19. The van der Waals surface area contributed by atoms with Crippen molar-refractivity contribution in [2.75, 3.05) is 33.5 Å². The van der Waals surface area contributed by atoms with Gasteiger partial charge in [-0.15, -0.1) is 0 Å². The van der Waals surface area contributed by atoms with E-state index in [4.69, 9.17) is 10.5 Å². The molecule has 6 nitrogen and oxygen atoms in total. The molecule has 0 saturated carbocycles. The highest BCUT2D eigenvalue weighted by Gasteiger charge is 2.05. The predicted octanol–water partition coefficient (Wildman–Crippen LogP) is 1.79. The van der Waals surface area contributed by atoms with Gasteiger partial charge >= 0.3 is 0 Å². The van der Waals surface area contributed by atoms with Crippen LogP contribution in [-0.4, -0.2) is 48.6 Å². The topological polar surface area (TPSA) is 68.7 Å². The number of aromatic nitrogens is 2. The molecule has 0 aliphatic heterocycles. The number of anilines is 1. The van der Waals surface area contributed by atoms with Crippen molar-refractivity contribution < 1.29 is 4.74 Å². The molecule has 0 unspecified atom stereocenters. The van der Waals surface area contributed by atoms with E-state index in [1.165, 1.54) is 0 Å². The zero-order chi connectivity index (χ0) is 15.2. The maximum atomic E-state index is 6.05.